The van der Waals surface area contributed by atoms with E-state index in [2.05, 4.69) is 15.5 Å². The zero-order chi connectivity index (χ0) is 13.2. The highest BCUT2D eigenvalue weighted by Crippen LogP contribution is 2.27. The van der Waals surface area contributed by atoms with Crippen LogP contribution in [0, 0.1) is 5.92 Å². The number of urea groups is 1. The molecule has 3 aliphatic heterocycles. The summed E-state index contributed by atoms with van der Waals surface area (Å²) in [5.74, 6) is 0.640. The molecule has 1 unspecified atom stereocenters. The number of fused-ring (bicyclic) bond motifs is 3. The van der Waals surface area contributed by atoms with Gasteiger partial charge in [-0.3, -0.25) is 0 Å². The Morgan fingerprint density at radius 3 is 2.47 bits per heavy atom. The number of benzene rings is 1. The highest BCUT2D eigenvalue weighted by molar-refractivity contribution is 6.30. The smallest absolute Gasteiger partial charge is 0.319 e. The molecule has 0 aliphatic carbocycles. The van der Waals surface area contributed by atoms with Crippen molar-refractivity contribution in [2.45, 2.75) is 18.9 Å². The number of halogens is 1. The van der Waals surface area contributed by atoms with Gasteiger partial charge in [0, 0.05) is 23.3 Å². The summed E-state index contributed by atoms with van der Waals surface area (Å²) in [6.45, 7) is 3.35. The lowest BCUT2D eigenvalue weighted by Gasteiger charge is -2.44. The molecule has 0 saturated carbocycles. The molecule has 1 aromatic rings. The fourth-order valence-electron chi connectivity index (χ4n) is 3.00. The average Bonchev–Trinajstić information content (AvgIpc) is 2.43. The summed E-state index contributed by atoms with van der Waals surface area (Å²) in [4.78, 5) is 14.4. The van der Waals surface area contributed by atoms with Crippen molar-refractivity contribution in [3.8, 4) is 0 Å². The van der Waals surface area contributed by atoms with Crippen LogP contribution in [0.3, 0.4) is 0 Å². The molecule has 2 bridgehead atoms. The predicted molar refractivity (Wildman–Crippen MR) is 76.6 cm³/mol. The average molecular weight is 280 g/mol. The zero-order valence-electron chi connectivity index (χ0n) is 10.7. The molecule has 1 aromatic carbocycles. The number of anilines is 1. The summed E-state index contributed by atoms with van der Waals surface area (Å²) in [5, 5.41) is 6.61. The summed E-state index contributed by atoms with van der Waals surface area (Å²) in [6, 6.07) is 7.31. The van der Waals surface area contributed by atoms with Crippen molar-refractivity contribution >= 4 is 23.3 Å². The van der Waals surface area contributed by atoms with Crippen LogP contribution in [0.5, 0.6) is 0 Å². The first kappa shape index (κ1) is 12.8. The quantitative estimate of drug-likeness (QED) is 0.874. The molecule has 3 heterocycles. The molecule has 0 aromatic heterocycles. The molecule has 0 radical (unpaired) electrons. The van der Waals surface area contributed by atoms with Gasteiger partial charge < -0.3 is 15.5 Å². The molecular weight excluding hydrogens is 262 g/mol. The van der Waals surface area contributed by atoms with Crippen LogP contribution >= 0.6 is 11.6 Å². The van der Waals surface area contributed by atoms with Gasteiger partial charge in [-0.2, -0.15) is 0 Å². The van der Waals surface area contributed by atoms with Gasteiger partial charge >= 0.3 is 6.03 Å². The summed E-state index contributed by atoms with van der Waals surface area (Å²) in [7, 11) is 0. The molecule has 19 heavy (non-hydrogen) atoms. The Morgan fingerprint density at radius 2 is 1.89 bits per heavy atom. The summed E-state index contributed by atoms with van der Waals surface area (Å²) in [5.41, 5.74) is 0.767. The van der Waals surface area contributed by atoms with Crippen LogP contribution in [0.25, 0.3) is 0 Å². The Hall–Kier alpha value is -1.26. The molecule has 3 aliphatic rings. The van der Waals surface area contributed by atoms with Crippen molar-refractivity contribution in [3.63, 3.8) is 0 Å². The lowest BCUT2D eigenvalue weighted by molar-refractivity contribution is 0.0777. The van der Waals surface area contributed by atoms with Crippen molar-refractivity contribution in [1.29, 1.82) is 0 Å². The van der Waals surface area contributed by atoms with Gasteiger partial charge in [0.05, 0.1) is 0 Å². The van der Waals surface area contributed by atoms with E-state index in [1.54, 1.807) is 24.3 Å². The third kappa shape index (κ3) is 3.01. The van der Waals surface area contributed by atoms with Crippen LogP contribution in [0.1, 0.15) is 12.8 Å². The minimum atomic E-state index is -0.124. The van der Waals surface area contributed by atoms with E-state index in [4.69, 9.17) is 11.6 Å². The maximum absolute atomic E-state index is 12.0. The second kappa shape index (κ2) is 5.39. The number of rotatable bonds is 2. The van der Waals surface area contributed by atoms with E-state index in [1.165, 1.54) is 25.9 Å². The summed E-state index contributed by atoms with van der Waals surface area (Å²) < 4.78 is 0. The number of hydrogen-bond donors (Lipinski definition) is 2. The molecule has 4 nitrogen and oxygen atoms in total. The molecule has 3 saturated heterocycles. The number of amides is 2. The van der Waals surface area contributed by atoms with Gasteiger partial charge in [-0.1, -0.05) is 11.6 Å². The predicted octanol–water partition coefficient (Wildman–Crippen LogP) is 2.56. The molecule has 2 amide bonds. The Labute approximate surface area is 118 Å². The Bertz CT molecular complexity index is 454. The fraction of sp³-hybridized carbons (Fsp3) is 0.500. The van der Waals surface area contributed by atoms with Gasteiger partial charge in [-0.05, 0) is 56.1 Å². The van der Waals surface area contributed by atoms with E-state index in [0.29, 0.717) is 10.9 Å². The van der Waals surface area contributed by atoms with Crippen LogP contribution in [-0.4, -0.2) is 36.6 Å². The lowest BCUT2D eigenvalue weighted by Crippen LogP contribution is -2.57. The molecule has 1 atom stereocenters. The van der Waals surface area contributed by atoms with Crippen molar-refractivity contribution in [1.82, 2.24) is 10.2 Å². The zero-order valence-corrected chi connectivity index (χ0v) is 11.5. The Balaban J connectivity index is 1.55. The van der Waals surface area contributed by atoms with E-state index < -0.39 is 0 Å². The SMILES string of the molecule is O=C(Nc1ccc(Cl)cc1)NC1CN2CCC1CC2. The molecule has 102 valence electrons. The van der Waals surface area contributed by atoms with Gasteiger partial charge in [0.1, 0.15) is 0 Å². The molecule has 0 spiro atoms. The van der Waals surface area contributed by atoms with Crippen molar-refractivity contribution in [3.05, 3.63) is 29.3 Å². The minimum absolute atomic E-state index is 0.124. The van der Waals surface area contributed by atoms with Crippen LogP contribution in [0.15, 0.2) is 24.3 Å². The first-order valence-electron chi connectivity index (χ1n) is 6.76. The maximum atomic E-state index is 12.0. The number of carbonyl (C=O) groups is 1. The van der Waals surface area contributed by atoms with Crippen LogP contribution in [0.2, 0.25) is 5.02 Å². The summed E-state index contributed by atoms with van der Waals surface area (Å²) in [6.07, 6.45) is 2.40. The minimum Gasteiger partial charge on any atom is -0.334 e. The van der Waals surface area contributed by atoms with E-state index in [1.807, 2.05) is 0 Å². The molecular formula is C14H18ClN3O. The van der Waals surface area contributed by atoms with Crippen molar-refractivity contribution < 1.29 is 4.79 Å². The maximum Gasteiger partial charge on any atom is 0.319 e. The normalized spacial score (nSPS) is 29.0. The molecule has 4 rings (SSSR count). The first-order valence-corrected chi connectivity index (χ1v) is 7.14. The Morgan fingerprint density at radius 1 is 1.21 bits per heavy atom. The standard InChI is InChI=1S/C14H18ClN3O/c15-11-1-3-12(4-2-11)16-14(19)17-13-9-18-7-5-10(13)6-8-18/h1-4,10,13H,5-9H2,(H2,16,17,19). The second-order valence-electron chi connectivity index (χ2n) is 5.35. The van der Waals surface area contributed by atoms with Gasteiger partial charge in [0.2, 0.25) is 0 Å². The number of nitrogens with one attached hydrogen (secondary N) is 2. The van der Waals surface area contributed by atoms with Gasteiger partial charge in [-0.15, -0.1) is 0 Å². The van der Waals surface area contributed by atoms with Crippen molar-refractivity contribution in [2.75, 3.05) is 25.0 Å². The monoisotopic (exact) mass is 279 g/mol. The number of nitrogens with zero attached hydrogens (tertiary/aromatic N) is 1. The lowest BCUT2D eigenvalue weighted by atomic mass is 9.84. The number of carbonyl (C=O) groups excluding carboxylic acids is 1. The van der Waals surface area contributed by atoms with E-state index in [-0.39, 0.29) is 12.1 Å². The molecule has 3 fully saturated rings. The number of piperidine rings is 3. The van der Waals surface area contributed by atoms with Gasteiger partial charge in [-0.25, -0.2) is 4.79 Å². The first-order chi connectivity index (χ1) is 9.20. The third-order valence-corrected chi connectivity index (χ3v) is 4.33. The number of hydrogen-bond acceptors (Lipinski definition) is 2. The van der Waals surface area contributed by atoms with Crippen molar-refractivity contribution in [2.24, 2.45) is 5.92 Å². The summed E-state index contributed by atoms with van der Waals surface area (Å²) >= 11 is 5.81. The van der Waals surface area contributed by atoms with Crippen LogP contribution < -0.4 is 10.6 Å². The van der Waals surface area contributed by atoms with Gasteiger partial charge in [0.25, 0.3) is 0 Å². The Kier molecular flexibility index (Phi) is 3.62. The van der Waals surface area contributed by atoms with E-state index in [9.17, 15) is 4.79 Å². The highest BCUT2D eigenvalue weighted by Gasteiger charge is 2.34. The third-order valence-electron chi connectivity index (χ3n) is 4.07. The largest absolute Gasteiger partial charge is 0.334 e. The highest BCUT2D eigenvalue weighted by atomic mass is 35.5. The van der Waals surface area contributed by atoms with E-state index in [0.717, 1.165) is 12.2 Å². The van der Waals surface area contributed by atoms with Gasteiger partial charge in [0.15, 0.2) is 0 Å². The van der Waals surface area contributed by atoms with Crippen LogP contribution in [-0.2, 0) is 0 Å². The van der Waals surface area contributed by atoms with E-state index >= 15 is 0 Å². The second-order valence-corrected chi connectivity index (χ2v) is 5.79. The van der Waals surface area contributed by atoms with Crippen LogP contribution in [0.4, 0.5) is 10.5 Å². The fourth-order valence-corrected chi connectivity index (χ4v) is 3.12. The molecule has 2 N–H and O–H groups in total. The molecule has 5 heteroatoms. The topological polar surface area (TPSA) is 44.4 Å².